The summed E-state index contributed by atoms with van der Waals surface area (Å²) in [6.07, 6.45) is -7.85. The Labute approximate surface area is 236 Å². The molecule has 0 aliphatic carbocycles. The van der Waals surface area contributed by atoms with Crippen LogP contribution in [0.4, 0.5) is 37.7 Å². The fourth-order valence-electron chi connectivity index (χ4n) is 4.25. The lowest BCUT2D eigenvalue weighted by Crippen LogP contribution is -2.27. The highest BCUT2D eigenvalue weighted by Crippen LogP contribution is 2.39. The van der Waals surface area contributed by atoms with Crippen molar-refractivity contribution in [2.75, 3.05) is 43.3 Å². The van der Waals surface area contributed by atoms with Gasteiger partial charge in [-0.1, -0.05) is 24.0 Å². The summed E-state index contributed by atoms with van der Waals surface area (Å²) in [5, 5.41) is 6.62. The molecule has 2 N–H and O–H groups in total. The van der Waals surface area contributed by atoms with Gasteiger partial charge in [0.2, 0.25) is 0 Å². The smallest absolute Gasteiger partial charge is 0.422 e. The first-order valence-electron chi connectivity index (χ1n) is 12.4. The van der Waals surface area contributed by atoms with Crippen molar-refractivity contribution >= 4 is 42.6 Å². The van der Waals surface area contributed by atoms with E-state index in [9.17, 15) is 34.8 Å². The number of alkyl halides is 6. The van der Waals surface area contributed by atoms with Gasteiger partial charge in [0.05, 0.1) is 38.8 Å². The minimum atomic E-state index is -4.66. The monoisotopic (exact) mass is 620 g/mol. The second-order valence-corrected chi connectivity index (χ2v) is 12.4. The van der Waals surface area contributed by atoms with Gasteiger partial charge in [-0.2, -0.15) is 26.3 Å². The number of benzene rings is 2. The molecule has 14 heteroatoms. The van der Waals surface area contributed by atoms with Crippen LogP contribution in [0.25, 0.3) is 10.1 Å². The lowest BCUT2D eigenvalue weighted by molar-refractivity contribution is -0.153. The normalized spacial score (nSPS) is 14.9. The molecular formula is C27H26F6N2O4S2. The number of sulfone groups is 1. The molecular weight excluding hydrogens is 594 g/mol. The van der Waals surface area contributed by atoms with Crippen LogP contribution in [0.1, 0.15) is 23.3 Å². The molecule has 0 spiro atoms. The van der Waals surface area contributed by atoms with E-state index in [-0.39, 0.29) is 39.4 Å². The molecule has 1 aliphatic heterocycles. The maximum atomic E-state index is 13.5. The summed E-state index contributed by atoms with van der Waals surface area (Å²) in [4.78, 5) is -0.0140. The van der Waals surface area contributed by atoms with E-state index >= 15 is 0 Å². The van der Waals surface area contributed by atoms with Crippen LogP contribution in [0, 0.1) is 11.8 Å². The fraction of sp³-hybridized carbons (Fsp3) is 0.407. The predicted molar refractivity (Wildman–Crippen MR) is 146 cm³/mol. The average Bonchev–Trinajstić information content (AvgIpc) is 3.22. The number of rotatable bonds is 8. The van der Waals surface area contributed by atoms with E-state index in [2.05, 4.69) is 22.5 Å². The minimum absolute atomic E-state index is 0.0470. The van der Waals surface area contributed by atoms with E-state index in [1.807, 2.05) is 6.07 Å². The summed E-state index contributed by atoms with van der Waals surface area (Å²) < 4.78 is 113. The highest BCUT2D eigenvalue weighted by molar-refractivity contribution is 7.90. The van der Waals surface area contributed by atoms with Crippen LogP contribution in [0.2, 0.25) is 0 Å². The van der Waals surface area contributed by atoms with Crippen molar-refractivity contribution in [2.45, 2.75) is 42.6 Å². The Morgan fingerprint density at radius 3 is 2.44 bits per heavy atom. The second kappa shape index (κ2) is 12.4. The summed E-state index contributed by atoms with van der Waals surface area (Å²) >= 11 is 1.13. The Morgan fingerprint density at radius 2 is 1.78 bits per heavy atom. The van der Waals surface area contributed by atoms with Crippen LogP contribution in [0.5, 0.6) is 5.75 Å². The van der Waals surface area contributed by atoms with Gasteiger partial charge in [-0.25, -0.2) is 8.42 Å². The van der Waals surface area contributed by atoms with E-state index in [1.54, 1.807) is 12.1 Å². The zero-order chi connectivity index (χ0) is 29.8. The van der Waals surface area contributed by atoms with Crippen LogP contribution in [0.3, 0.4) is 0 Å². The third-order valence-electron chi connectivity index (χ3n) is 6.12. The van der Waals surface area contributed by atoms with Crippen LogP contribution >= 0.6 is 11.3 Å². The zero-order valence-electron chi connectivity index (χ0n) is 21.7. The fourth-order valence-corrected chi connectivity index (χ4v) is 6.05. The van der Waals surface area contributed by atoms with Gasteiger partial charge in [0, 0.05) is 31.6 Å². The van der Waals surface area contributed by atoms with Crippen molar-refractivity contribution in [1.82, 2.24) is 0 Å². The van der Waals surface area contributed by atoms with E-state index in [1.165, 1.54) is 12.1 Å². The van der Waals surface area contributed by atoms with Gasteiger partial charge in [0.15, 0.2) is 16.4 Å². The van der Waals surface area contributed by atoms with Gasteiger partial charge < -0.3 is 20.1 Å². The number of hydrogen-bond acceptors (Lipinski definition) is 7. The van der Waals surface area contributed by atoms with Crippen molar-refractivity contribution in [1.29, 1.82) is 0 Å². The van der Waals surface area contributed by atoms with Gasteiger partial charge >= 0.3 is 12.4 Å². The van der Waals surface area contributed by atoms with E-state index in [0.717, 1.165) is 36.5 Å². The molecule has 0 amide bonds. The highest BCUT2D eigenvalue weighted by Gasteiger charge is 2.31. The first-order chi connectivity index (χ1) is 19.2. The number of halogens is 6. The van der Waals surface area contributed by atoms with E-state index in [0.29, 0.717) is 29.0 Å². The van der Waals surface area contributed by atoms with Gasteiger partial charge in [0.1, 0.15) is 5.75 Å². The number of ether oxygens (including phenoxy) is 2. The number of nitrogens with one attached hydrogen (secondary N) is 2. The largest absolute Gasteiger partial charge is 0.482 e. The molecule has 0 unspecified atom stereocenters. The first kappa shape index (κ1) is 30.8. The topological polar surface area (TPSA) is 76.7 Å². The Hall–Kier alpha value is -3.15. The molecule has 1 saturated heterocycles. The molecule has 2 aromatic carbocycles. The molecule has 1 aromatic heterocycles. The summed E-state index contributed by atoms with van der Waals surface area (Å²) in [5.41, 5.74) is 0.810. The molecule has 0 atom stereocenters. The number of hydrogen-bond donors (Lipinski definition) is 2. The lowest BCUT2D eigenvalue weighted by Gasteiger charge is -2.24. The Bertz CT molecular complexity index is 1550. The Balaban J connectivity index is 1.60. The molecule has 1 aliphatic rings. The lowest BCUT2D eigenvalue weighted by atomic mass is 10.1. The molecule has 0 bridgehead atoms. The van der Waals surface area contributed by atoms with Crippen LogP contribution in [-0.4, -0.2) is 59.4 Å². The molecule has 0 saturated carbocycles. The van der Waals surface area contributed by atoms with Crippen molar-refractivity contribution in [3.63, 3.8) is 0 Å². The molecule has 1 fully saturated rings. The Morgan fingerprint density at radius 1 is 1.05 bits per heavy atom. The minimum Gasteiger partial charge on any atom is -0.482 e. The van der Waals surface area contributed by atoms with Crippen molar-refractivity contribution in [3.8, 4) is 17.6 Å². The molecule has 6 nitrogen and oxygen atoms in total. The van der Waals surface area contributed by atoms with E-state index < -0.39 is 35.2 Å². The SMILES string of the molecule is CS(=O)(=O)c1ccc(NCC#Cc2sc3c(NC4CCOCC4)cccc3c2CC(F)(F)F)c(OCC(F)(F)F)c1. The van der Waals surface area contributed by atoms with Crippen molar-refractivity contribution < 1.29 is 44.2 Å². The number of anilines is 2. The quantitative estimate of drug-likeness (QED) is 0.224. The van der Waals surface area contributed by atoms with Gasteiger partial charge in [-0.05, 0) is 42.0 Å². The number of thiophene rings is 1. The summed E-state index contributed by atoms with van der Waals surface area (Å²) in [6.45, 7) is -0.608. The van der Waals surface area contributed by atoms with Crippen LogP contribution in [-0.2, 0) is 21.0 Å². The molecule has 41 heavy (non-hydrogen) atoms. The first-order valence-corrected chi connectivity index (χ1v) is 15.1. The highest BCUT2D eigenvalue weighted by atomic mass is 32.2. The van der Waals surface area contributed by atoms with Crippen LogP contribution < -0.4 is 15.4 Å². The van der Waals surface area contributed by atoms with E-state index in [4.69, 9.17) is 9.47 Å². The molecule has 2 heterocycles. The maximum absolute atomic E-state index is 13.5. The average molecular weight is 621 g/mol. The number of fused-ring (bicyclic) bond motifs is 1. The van der Waals surface area contributed by atoms with Gasteiger partial charge in [-0.3, -0.25) is 0 Å². The van der Waals surface area contributed by atoms with Gasteiger partial charge in [-0.15, -0.1) is 11.3 Å². The maximum Gasteiger partial charge on any atom is 0.422 e. The molecule has 0 radical (unpaired) electrons. The molecule has 3 aromatic rings. The van der Waals surface area contributed by atoms with Crippen molar-refractivity contribution in [3.05, 3.63) is 46.8 Å². The Kier molecular flexibility index (Phi) is 9.30. The summed E-state index contributed by atoms with van der Waals surface area (Å²) in [7, 11) is -3.72. The van der Waals surface area contributed by atoms with Crippen LogP contribution in [0.15, 0.2) is 41.3 Å². The molecule has 4 rings (SSSR count). The van der Waals surface area contributed by atoms with Gasteiger partial charge in [0.25, 0.3) is 0 Å². The second-order valence-electron chi connectivity index (χ2n) is 9.40. The predicted octanol–water partition coefficient (Wildman–Crippen LogP) is 6.41. The summed E-state index contributed by atoms with van der Waals surface area (Å²) in [5.74, 6) is 5.16. The summed E-state index contributed by atoms with van der Waals surface area (Å²) in [6, 6.07) is 8.67. The third-order valence-corrected chi connectivity index (χ3v) is 8.43. The third kappa shape index (κ3) is 8.67. The van der Waals surface area contributed by atoms with Crippen molar-refractivity contribution in [2.24, 2.45) is 0 Å². The molecule has 222 valence electrons. The standard InChI is InChI=1S/C27H26F6N2O4S2/c1-41(36,37)18-7-8-21(23(14-18)39-16-27(31,32)33)34-11-3-6-24-20(15-26(28,29)30)19-4-2-5-22(25(19)40-24)35-17-9-12-38-13-10-17/h2,4-5,7-8,14,17,34-35H,9-13,15-16H2,1H3. The zero-order valence-corrected chi connectivity index (χ0v) is 23.3.